The Balaban J connectivity index is 1.90. The van der Waals surface area contributed by atoms with E-state index < -0.39 is 11.9 Å². The molecule has 1 aromatic heterocycles. The van der Waals surface area contributed by atoms with Gasteiger partial charge in [0.25, 0.3) is 0 Å². The quantitative estimate of drug-likeness (QED) is 0.885. The van der Waals surface area contributed by atoms with Crippen LogP contribution in [0, 0.1) is 12.8 Å². The number of carboxylic acids is 1. The van der Waals surface area contributed by atoms with Crippen LogP contribution in [0.2, 0.25) is 0 Å². The van der Waals surface area contributed by atoms with Crippen LogP contribution in [0.5, 0.6) is 0 Å². The van der Waals surface area contributed by atoms with Gasteiger partial charge in [-0.05, 0) is 30.4 Å². The van der Waals surface area contributed by atoms with Crippen LogP contribution in [0.3, 0.4) is 0 Å². The summed E-state index contributed by atoms with van der Waals surface area (Å²) in [6.07, 6.45) is 0.973. The van der Waals surface area contributed by atoms with Gasteiger partial charge in [-0.15, -0.1) is 11.3 Å². The van der Waals surface area contributed by atoms with Crippen LogP contribution in [0.1, 0.15) is 16.9 Å². The van der Waals surface area contributed by atoms with Gasteiger partial charge >= 0.3 is 5.97 Å². The molecule has 1 saturated heterocycles. The minimum Gasteiger partial charge on any atom is -0.481 e. The number of nitrogens with zero attached hydrogens (tertiary/aromatic N) is 1. The summed E-state index contributed by atoms with van der Waals surface area (Å²) in [5.74, 6) is -1.42. The molecule has 1 aromatic rings. The molecule has 1 aliphatic rings. The second-order valence-electron chi connectivity index (χ2n) is 4.36. The Morgan fingerprint density at radius 3 is 2.94 bits per heavy atom. The molecule has 1 N–H and O–H groups in total. The lowest BCUT2D eigenvalue weighted by Crippen LogP contribution is -2.28. The smallest absolute Gasteiger partial charge is 0.308 e. The van der Waals surface area contributed by atoms with Crippen molar-refractivity contribution in [1.82, 2.24) is 4.90 Å². The second kappa shape index (κ2) is 4.87. The van der Waals surface area contributed by atoms with E-state index in [1.54, 1.807) is 16.2 Å². The molecule has 2 heterocycles. The van der Waals surface area contributed by atoms with Crippen molar-refractivity contribution >= 4 is 23.2 Å². The molecular formula is C12H15NO3S. The summed E-state index contributed by atoms with van der Waals surface area (Å²) in [5, 5.41) is 10.9. The summed E-state index contributed by atoms with van der Waals surface area (Å²) in [6, 6.07) is 2.06. The standard InChI is InChI=1S/C12H15NO3S/c1-8-3-5-17-10(8)2-4-13-7-9(12(15)16)6-11(13)14/h3,5,9H,2,4,6-7H2,1H3,(H,15,16)/t9-/m1/s1. The van der Waals surface area contributed by atoms with E-state index in [4.69, 9.17) is 5.11 Å². The molecule has 0 aliphatic carbocycles. The van der Waals surface area contributed by atoms with Gasteiger partial charge in [0, 0.05) is 24.4 Å². The number of carbonyl (C=O) groups excluding carboxylic acids is 1. The first-order valence-electron chi connectivity index (χ1n) is 5.61. The van der Waals surface area contributed by atoms with E-state index in [1.807, 2.05) is 5.38 Å². The Hall–Kier alpha value is -1.36. The fraction of sp³-hybridized carbons (Fsp3) is 0.500. The number of aliphatic carboxylic acids is 1. The average molecular weight is 253 g/mol. The first kappa shape index (κ1) is 12.1. The van der Waals surface area contributed by atoms with Crippen molar-refractivity contribution in [3.8, 4) is 0 Å². The lowest BCUT2D eigenvalue weighted by atomic mass is 10.1. The maximum Gasteiger partial charge on any atom is 0.308 e. The lowest BCUT2D eigenvalue weighted by Gasteiger charge is -2.15. The molecular weight excluding hydrogens is 238 g/mol. The van der Waals surface area contributed by atoms with E-state index in [9.17, 15) is 9.59 Å². The van der Waals surface area contributed by atoms with Crippen LogP contribution in [0.15, 0.2) is 11.4 Å². The van der Waals surface area contributed by atoms with Crippen LogP contribution < -0.4 is 0 Å². The van der Waals surface area contributed by atoms with E-state index >= 15 is 0 Å². The number of carboxylic acid groups (broad SMARTS) is 1. The monoisotopic (exact) mass is 253 g/mol. The molecule has 0 saturated carbocycles. The maximum absolute atomic E-state index is 11.6. The van der Waals surface area contributed by atoms with Gasteiger partial charge < -0.3 is 10.0 Å². The van der Waals surface area contributed by atoms with E-state index in [2.05, 4.69) is 13.0 Å². The van der Waals surface area contributed by atoms with E-state index in [1.165, 1.54) is 10.4 Å². The molecule has 0 spiro atoms. The molecule has 1 atom stereocenters. The van der Waals surface area contributed by atoms with E-state index in [-0.39, 0.29) is 12.3 Å². The lowest BCUT2D eigenvalue weighted by molar-refractivity contribution is -0.141. The van der Waals surface area contributed by atoms with Crippen molar-refractivity contribution in [2.45, 2.75) is 19.8 Å². The highest BCUT2D eigenvalue weighted by Gasteiger charge is 2.33. The number of amides is 1. The summed E-state index contributed by atoms with van der Waals surface area (Å²) in [4.78, 5) is 25.3. The van der Waals surface area contributed by atoms with Gasteiger partial charge in [0.1, 0.15) is 0 Å². The SMILES string of the molecule is Cc1ccsc1CCN1C[C@H](C(=O)O)CC1=O. The summed E-state index contributed by atoms with van der Waals surface area (Å²) in [5.41, 5.74) is 1.25. The van der Waals surface area contributed by atoms with Crippen LogP contribution in [-0.4, -0.2) is 35.0 Å². The molecule has 0 aromatic carbocycles. The van der Waals surface area contributed by atoms with E-state index in [0.717, 1.165) is 6.42 Å². The number of likely N-dealkylation sites (tertiary alicyclic amines) is 1. The number of hydrogen-bond acceptors (Lipinski definition) is 3. The van der Waals surface area contributed by atoms with Crippen LogP contribution in [-0.2, 0) is 16.0 Å². The fourth-order valence-electron chi connectivity index (χ4n) is 2.05. The first-order chi connectivity index (χ1) is 8.08. The Bertz CT molecular complexity index is 441. The molecule has 1 amide bonds. The highest BCUT2D eigenvalue weighted by atomic mass is 32.1. The summed E-state index contributed by atoms with van der Waals surface area (Å²) in [7, 11) is 0. The number of rotatable bonds is 4. The van der Waals surface area contributed by atoms with Crippen LogP contribution in [0.25, 0.3) is 0 Å². The Morgan fingerprint density at radius 2 is 2.41 bits per heavy atom. The van der Waals surface area contributed by atoms with Gasteiger partial charge in [-0.2, -0.15) is 0 Å². The zero-order valence-electron chi connectivity index (χ0n) is 9.68. The van der Waals surface area contributed by atoms with Gasteiger partial charge in [0.15, 0.2) is 0 Å². The van der Waals surface area contributed by atoms with Crippen molar-refractivity contribution < 1.29 is 14.7 Å². The molecule has 0 bridgehead atoms. The zero-order valence-corrected chi connectivity index (χ0v) is 10.5. The van der Waals surface area contributed by atoms with Gasteiger partial charge in [-0.1, -0.05) is 0 Å². The van der Waals surface area contributed by atoms with Crippen molar-refractivity contribution in [1.29, 1.82) is 0 Å². The third-order valence-corrected chi connectivity index (χ3v) is 4.22. The van der Waals surface area contributed by atoms with Crippen molar-refractivity contribution in [2.75, 3.05) is 13.1 Å². The van der Waals surface area contributed by atoms with Gasteiger partial charge in [-0.3, -0.25) is 9.59 Å². The summed E-state index contributed by atoms with van der Waals surface area (Å²) < 4.78 is 0. The number of carbonyl (C=O) groups is 2. The predicted octanol–water partition coefficient (Wildman–Crippen LogP) is 1.53. The largest absolute Gasteiger partial charge is 0.481 e. The summed E-state index contributed by atoms with van der Waals surface area (Å²) >= 11 is 1.69. The van der Waals surface area contributed by atoms with Crippen molar-refractivity contribution in [2.24, 2.45) is 5.92 Å². The molecule has 4 nitrogen and oxygen atoms in total. The maximum atomic E-state index is 11.6. The molecule has 92 valence electrons. The number of hydrogen-bond donors (Lipinski definition) is 1. The number of aryl methyl sites for hydroxylation is 1. The van der Waals surface area contributed by atoms with E-state index in [0.29, 0.717) is 13.1 Å². The molecule has 0 unspecified atom stereocenters. The minimum atomic E-state index is -0.867. The first-order valence-corrected chi connectivity index (χ1v) is 6.49. The highest BCUT2D eigenvalue weighted by molar-refractivity contribution is 7.10. The fourth-order valence-corrected chi connectivity index (χ4v) is 2.95. The third-order valence-electron chi connectivity index (χ3n) is 3.14. The molecule has 17 heavy (non-hydrogen) atoms. The Labute approximate surface area is 104 Å². The molecule has 1 aliphatic heterocycles. The number of thiophene rings is 1. The molecule has 1 fully saturated rings. The normalized spacial score (nSPS) is 19.9. The predicted molar refractivity (Wildman–Crippen MR) is 65.1 cm³/mol. The third kappa shape index (κ3) is 2.66. The Morgan fingerprint density at radius 1 is 1.65 bits per heavy atom. The van der Waals surface area contributed by atoms with Gasteiger partial charge in [-0.25, -0.2) is 0 Å². The van der Waals surface area contributed by atoms with Crippen molar-refractivity contribution in [3.05, 3.63) is 21.9 Å². The minimum absolute atomic E-state index is 0.0355. The topological polar surface area (TPSA) is 57.6 Å². The summed E-state index contributed by atoms with van der Waals surface area (Å²) in [6.45, 7) is 3.04. The second-order valence-corrected chi connectivity index (χ2v) is 5.36. The Kier molecular flexibility index (Phi) is 3.47. The van der Waals surface area contributed by atoms with Gasteiger partial charge in [0.05, 0.1) is 5.92 Å². The van der Waals surface area contributed by atoms with Gasteiger partial charge in [0.2, 0.25) is 5.91 Å². The van der Waals surface area contributed by atoms with Crippen LogP contribution in [0.4, 0.5) is 0 Å². The average Bonchev–Trinajstić information content (AvgIpc) is 2.82. The molecule has 0 radical (unpaired) electrons. The molecule has 2 rings (SSSR count). The van der Waals surface area contributed by atoms with Crippen LogP contribution >= 0.6 is 11.3 Å². The highest BCUT2D eigenvalue weighted by Crippen LogP contribution is 2.21. The molecule has 5 heteroatoms. The zero-order chi connectivity index (χ0) is 12.4. The van der Waals surface area contributed by atoms with Crippen molar-refractivity contribution in [3.63, 3.8) is 0 Å².